The number of ether oxygens (including phenoxy) is 1. The fourth-order valence-corrected chi connectivity index (χ4v) is 1.97. The Balaban J connectivity index is 1.96. The van der Waals surface area contributed by atoms with Crippen LogP contribution in [-0.2, 0) is 9.53 Å². The van der Waals surface area contributed by atoms with E-state index in [0.29, 0.717) is 25.4 Å². The van der Waals surface area contributed by atoms with Crippen LogP contribution in [0.4, 0.5) is 5.69 Å². The van der Waals surface area contributed by atoms with E-state index in [9.17, 15) is 4.79 Å². The van der Waals surface area contributed by atoms with Gasteiger partial charge in [0.2, 0.25) is 0 Å². The normalized spacial score (nSPS) is 20.8. The van der Waals surface area contributed by atoms with E-state index < -0.39 is 0 Å². The Morgan fingerprint density at radius 2 is 2.12 bits per heavy atom. The number of carbonyl (C=O) groups excluding carboxylic acids is 1. The summed E-state index contributed by atoms with van der Waals surface area (Å²) in [5, 5.41) is 0. The van der Waals surface area contributed by atoms with Crippen molar-refractivity contribution in [2.45, 2.75) is 6.42 Å². The first-order valence-electron chi connectivity index (χ1n) is 5.64. The zero-order chi connectivity index (χ0) is 11.4. The molecular weight excluding hydrogens is 202 g/mol. The Morgan fingerprint density at radius 3 is 2.81 bits per heavy atom. The minimum absolute atomic E-state index is 0.0268. The predicted molar refractivity (Wildman–Crippen MR) is 63.6 cm³/mol. The number of hydrogen-bond donors (Lipinski definition) is 0. The summed E-state index contributed by atoms with van der Waals surface area (Å²) in [6, 6.07) is 10.1. The third kappa shape index (κ3) is 2.61. The van der Waals surface area contributed by atoms with Gasteiger partial charge in [-0.05, 0) is 12.1 Å². The highest BCUT2D eigenvalue weighted by molar-refractivity contribution is 5.82. The number of anilines is 1. The minimum atomic E-state index is 0.0268. The first-order valence-corrected chi connectivity index (χ1v) is 5.64. The third-order valence-electron chi connectivity index (χ3n) is 2.96. The number of para-hydroxylation sites is 1. The number of ketones is 1. The van der Waals surface area contributed by atoms with Crippen LogP contribution in [0.1, 0.15) is 6.42 Å². The lowest BCUT2D eigenvalue weighted by molar-refractivity contribution is -0.129. The molecule has 0 saturated carbocycles. The molecular formula is C13H17NO2. The van der Waals surface area contributed by atoms with Crippen molar-refractivity contribution in [3.63, 3.8) is 0 Å². The van der Waals surface area contributed by atoms with E-state index >= 15 is 0 Å². The monoisotopic (exact) mass is 219 g/mol. The zero-order valence-corrected chi connectivity index (χ0v) is 9.56. The van der Waals surface area contributed by atoms with Crippen molar-refractivity contribution in [1.82, 2.24) is 0 Å². The van der Waals surface area contributed by atoms with Crippen molar-refractivity contribution in [1.29, 1.82) is 0 Å². The maximum absolute atomic E-state index is 11.7. The van der Waals surface area contributed by atoms with E-state index in [1.165, 1.54) is 0 Å². The quantitative estimate of drug-likeness (QED) is 0.775. The highest BCUT2D eigenvalue weighted by Crippen LogP contribution is 2.16. The SMILES string of the molecule is CN(CC1COCCC1=O)c1ccccc1. The van der Waals surface area contributed by atoms with Crippen molar-refractivity contribution < 1.29 is 9.53 Å². The van der Waals surface area contributed by atoms with Crippen molar-refractivity contribution in [3.05, 3.63) is 30.3 Å². The van der Waals surface area contributed by atoms with Crippen molar-refractivity contribution >= 4 is 11.5 Å². The van der Waals surface area contributed by atoms with Gasteiger partial charge >= 0.3 is 0 Å². The molecule has 2 rings (SSSR count). The molecule has 1 fully saturated rings. The molecule has 0 bridgehead atoms. The summed E-state index contributed by atoms with van der Waals surface area (Å²) in [6.45, 7) is 1.89. The summed E-state index contributed by atoms with van der Waals surface area (Å²) in [4.78, 5) is 13.8. The Labute approximate surface area is 96.0 Å². The van der Waals surface area contributed by atoms with Crippen LogP contribution in [-0.4, -0.2) is 32.6 Å². The minimum Gasteiger partial charge on any atom is -0.380 e. The first kappa shape index (κ1) is 11.1. The molecule has 0 aromatic heterocycles. The third-order valence-corrected chi connectivity index (χ3v) is 2.96. The lowest BCUT2D eigenvalue weighted by atomic mass is 10.00. The maximum Gasteiger partial charge on any atom is 0.142 e. The highest BCUT2D eigenvalue weighted by atomic mass is 16.5. The van der Waals surface area contributed by atoms with Crippen LogP contribution in [0.25, 0.3) is 0 Å². The van der Waals surface area contributed by atoms with E-state index in [2.05, 4.69) is 4.90 Å². The van der Waals surface area contributed by atoms with Crippen LogP contribution in [0.5, 0.6) is 0 Å². The van der Waals surface area contributed by atoms with Gasteiger partial charge in [-0.25, -0.2) is 0 Å². The fraction of sp³-hybridized carbons (Fsp3) is 0.462. The number of nitrogens with zero attached hydrogens (tertiary/aromatic N) is 1. The summed E-state index contributed by atoms with van der Waals surface area (Å²) >= 11 is 0. The van der Waals surface area contributed by atoms with Crippen LogP contribution in [0.2, 0.25) is 0 Å². The molecule has 1 unspecified atom stereocenters. The topological polar surface area (TPSA) is 29.5 Å². The van der Waals surface area contributed by atoms with Crippen molar-refractivity contribution in [3.8, 4) is 0 Å². The molecule has 0 radical (unpaired) electrons. The van der Waals surface area contributed by atoms with Crippen LogP contribution in [0, 0.1) is 5.92 Å². The van der Waals surface area contributed by atoms with Gasteiger partial charge in [-0.1, -0.05) is 18.2 Å². The maximum atomic E-state index is 11.7. The van der Waals surface area contributed by atoms with Gasteiger partial charge in [0.1, 0.15) is 5.78 Å². The highest BCUT2D eigenvalue weighted by Gasteiger charge is 2.24. The molecule has 1 saturated heterocycles. The Hall–Kier alpha value is -1.35. The van der Waals surface area contributed by atoms with Gasteiger partial charge in [-0.2, -0.15) is 0 Å². The van der Waals surface area contributed by atoms with Crippen LogP contribution in [0.15, 0.2) is 30.3 Å². The molecule has 16 heavy (non-hydrogen) atoms. The molecule has 3 nitrogen and oxygen atoms in total. The second kappa shape index (κ2) is 5.12. The van der Waals surface area contributed by atoms with Gasteiger partial charge in [0.15, 0.2) is 0 Å². The molecule has 1 atom stereocenters. The average Bonchev–Trinajstić information content (AvgIpc) is 2.33. The van der Waals surface area contributed by atoms with Crippen molar-refractivity contribution in [2.75, 3.05) is 31.7 Å². The van der Waals surface area contributed by atoms with Gasteiger partial charge in [0, 0.05) is 25.7 Å². The Kier molecular flexibility index (Phi) is 3.57. The molecule has 1 aliphatic heterocycles. The summed E-state index contributed by atoms with van der Waals surface area (Å²) in [6.07, 6.45) is 0.563. The summed E-state index contributed by atoms with van der Waals surface area (Å²) < 4.78 is 5.34. The number of Topliss-reactive ketones (excluding diaryl/α,β-unsaturated/α-hetero) is 1. The molecule has 3 heteroatoms. The summed E-state index contributed by atoms with van der Waals surface area (Å²) in [7, 11) is 2.01. The van der Waals surface area contributed by atoms with Gasteiger partial charge in [0.05, 0.1) is 19.1 Å². The molecule has 0 spiro atoms. The first-order chi connectivity index (χ1) is 7.77. The number of benzene rings is 1. The van der Waals surface area contributed by atoms with E-state index in [1.807, 2.05) is 37.4 Å². The van der Waals surface area contributed by atoms with Crippen LogP contribution >= 0.6 is 0 Å². The second-order valence-corrected chi connectivity index (χ2v) is 4.20. The van der Waals surface area contributed by atoms with E-state index in [1.54, 1.807) is 0 Å². The van der Waals surface area contributed by atoms with Crippen LogP contribution in [0.3, 0.4) is 0 Å². The molecule has 0 N–H and O–H groups in total. The standard InChI is InChI=1S/C13H17NO2/c1-14(12-5-3-2-4-6-12)9-11-10-16-8-7-13(11)15/h2-6,11H,7-10H2,1H3. The second-order valence-electron chi connectivity index (χ2n) is 4.20. The number of rotatable bonds is 3. The zero-order valence-electron chi connectivity index (χ0n) is 9.56. The molecule has 0 aliphatic carbocycles. The predicted octanol–water partition coefficient (Wildman–Crippen LogP) is 1.73. The van der Waals surface area contributed by atoms with E-state index in [0.717, 1.165) is 12.2 Å². The number of carbonyl (C=O) groups is 1. The fourth-order valence-electron chi connectivity index (χ4n) is 1.97. The molecule has 86 valence electrons. The summed E-state index contributed by atoms with van der Waals surface area (Å²) in [5.41, 5.74) is 1.14. The van der Waals surface area contributed by atoms with Gasteiger partial charge in [0.25, 0.3) is 0 Å². The van der Waals surface area contributed by atoms with E-state index in [-0.39, 0.29) is 5.92 Å². The molecule has 0 amide bonds. The largest absolute Gasteiger partial charge is 0.380 e. The molecule has 1 heterocycles. The smallest absolute Gasteiger partial charge is 0.142 e. The van der Waals surface area contributed by atoms with Gasteiger partial charge in [-0.15, -0.1) is 0 Å². The Morgan fingerprint density at radius 1 is 1.38 bits per heavy atom. The molecule has 1 aliphatic rings. The van der Waals surface area contributed by atoms with Crippen LogP contribution < -0.4 is 4.90 Å². The molecule has 1 aromatic carbocycles. The lowest BCUT2D eigenvalue weighted by Crippen LogP contribution is -2.36. The summed E-state index contributed by atoms with van der Waals surface area (Å²) in [5.74, 6) is 0.355. The number of hydrogen-bond acceptors (Lipinski definition) is 3. The average molecular weight is 219 g/mol. The lowest BCUT2D eigenvalue weighted by Gasteiger charge is -2.27. The Bertz CT molecular complexity index is 350. The van der Waals surface area contributed by atoms with Crippen molar-refractivity contribution in [2.24, 2.45) is 5.92 Å². The van der Waals surface area contributed by atoms with Gasteiger partial charge in [-0.3, -0.25) is 4.79 Å². The molecule has 1 aromatic rings. The van der Waals surface area contributed by atoms with E-state index in [4.69, 9.17) is 4.74 Å². The van der Waals surface area contributed by atoms with Gasteiger partial charge < -0.3 is 9.64 Å².